The molecule has 0 spiro atoms. The van der Waals surface area contributed by atoms with Gasteiger partial charge >= 0.3 is 0 Å². The Morgan fingerprint density at radius 1 is 0.414 bits per heavy atom. The van der Waals surface area contributed by atoms with Gasteiger partial charge in [0.15, 0.2) is 0 Å². The van der Waals surface area contributed by atoms with E-state index < -0.39 is 0 Å². The molecule has 344 valence electrons. The molecule has 2 aliphatic rings. The Morgan fingerprint density at radius 2 is 0.843 bits per heavy atom. The molecule has 0 saturated heterocycles. The first-order chi connectivity index (χ1) is 33.6. The molecular formula is C63H55BN2S4. The largest absolute Gasteiger partial charge is 0.309 e. The fourth-order valence-corrected chi connectivity index (χ4v) is 16.4. The Morgan fingerprint density at radius 3 is 1.27 bits per heavy atom. The minimum Gasteiger partial charge on any atom is -0.309 e. The Hall–Kier alpha value is -5.96. The van der Waals surface area contributed by atoms with E-state index in [2.05, 4.69) is 218 Å². The maximum atomic E-state index is 2.73. The molecule has 0 N–H and O–H groups in total. The van der Waals surface area contributed by atoms with Crippen LogP contribution in [0.4, 0.5) is 34.1 Å². The van der Waals surface area contributed by atoms with Crippen molar-refractivity contribution in [2.75, 3.05) is 9.80 Å². The van der Waals surface area contributed by atoms with Crippen molar-refractivity contribution in [2.45, 2.75) is 87.0 Å². The molecule has 0 atom stereocenters. The summed E-state index contributed by atoms with van der Waals surface area (Å²) in [5.41, 5.74) is 23.5. The normalized spacial score (nSPS) is 13.6. The van der Waals surface area contributed by atoms with Gasteiger partial charge in [-0.3, -0.25) is 0 Å². The third kappa shape index (κ3) is 6.40. The summed E-state index contributed by atoms with van der Waals surface area (Å²) in [6.45, 7) is 25.9. The zero-order chi connectivity index (χ0) is 48.3. The van der Waals surface area contributed by atoms with E-state index in [0.29, 0.717) is 0 Å². The third-order valence-corrected chi connectivity index (χ3v) is 19.8. The molecule has 0 fully saturated rings. The molecule has 4 aromatic heterocycles. The van der Waals surface area contributed by atoms with Crippen LogP contribution in [0.5, 0.6) is 0 Å². The second-order valence-corrected chi connectivity index (χ2v) is 26.0. The Labute approximate surface area is 428 Å². The molecule has 11 aromatic rings. The van der Waals surface area contributed by atoms with E-state index in [1.807, 2.05) is 45.3 Å². The highest BCUT2D eigenvalue weighted by atomic mass is 32.1. The van der Waals surface area contributed by atoms with Crippen LogP contribution in [0.25, 0.3) is 62.6 Å². The van der Waals surface area contributed by atoms with Gasteiger partial charge in [0.25, 0.3) is 6.71 Å². The minimum absolute atomic E-state index is 0.00968. The van der Waals surface area contributed by atoms with Crippen LogP contribution < -0.4 is 24.8 Å². The lowest BCUT2D eigenvalue weighted by Gasteiger charge is -2.44. The van der Waals surface area contributed by atoms with Crippen molar-refractivity contribution in [3.8, 4) is 22.3 Å². The van der Waals surface area contributed by atoms with Gasteiger partial charge in [-0.1, -0.05) is 114 Å². The summed E-state index contributed by atoms with van der Waals surface area (Å²) in [6.07, 6.45) is 0. The molecule has 7 aromatic carbocycles. The molecule has 0 unspecified atom stereocenters. The summed E-state index contributed by atoms with van der Waals surface area (Å²) in [5, 5.41) is 10.1. The quantitative estimate of drug-likeness (QED) is 0.162. The predicted octanol–water partition coefficient (Wildman–Crippen LogP) is 18.1. The van der Waals surface area contributed by atoms with Crippen LogP contribution in [0, 0.1) is 34.6 Å². The van der Waals surface area contributed by atoms with Crippen LogP contribution >= 0.6 is 45.3 Å². The van der Waals surface area contributed by atoms with Gasteiger partial charge in [-0.2, -0.15) is 0 Å². The van der Waals surface area contributed by atoms with Crippen LogP contribution in [0.2, 0.25) is 0 Å². The highest BCUT2D eigenvalue weighted by Crippen LogP contribution is 2.55. The lowest BCUT2D eigenvalue weighted by molar-refractivity contribution is 0.591. The number of hydrogen-bond donors (Lipinski definition) is 0. The fourth-order valence-electron chi connectivity index (χ4n) is 11.8. The molecular weight excluding hydrogens is 924 g/mol. The average Bonchev–Trinajstić information content (AvgIpc) is 4.13. The van der Waals surface area contributed by atoms with E-state index in [0.717, 1.165) is 0 Å². The molecule has 0 aliphatic carbocycles. The topological polar surface area (TPSA) is 6.48 Å². The summed E-state index contributed by atoms with van der Waals surface area (Å²) in [4.78, 5) is 5.46. The standard InChI is InChI=1S/C63H55BN2S4/c1-34-28-49-55-50(29-34)66(57-36(3)21-25-42(38(57)5)48-33-68-52-19-15-13-17-44(48)52)59-46-31-40(63(9,10)11)23-27-54(46)70-61(59)64(55)60-58(45-30-39(62(6,7)8)22-26-53(45)69-60)65(49)56-35(2)20-24-41(37(56)4)47-32-67-51-18-14-12-16-43(47)51/h12-33H,1-11H3. The Balaban J connectivity index is 1.16. The summed E-state index contributed by atoms with van der Waals surface area (Å²) < 4.78 is 8.19. The molecule has 2 nitrogen and oxygen atoms in total. The monoisotopic (exact) mass is 978 g/mol. The van der Waals surface area contributed by atoms with Crippen molar-refractivity contribution in [1.82, 2.24) is 0 Å². The second-order valence-electron chi connectivity index (χ2n) is 22.0. The maximum Gasteiger partial charge on any atom is 0.277 e. The van der Waals surface area contributed by atoms with Crippen LogP contribution in [-0.4, -0.2) is 6.71 Å². The zero-order valence-electron chi connectivity index (χ0n) is 41.8. The first-order valence-electron chi connectivity index (χ1n) is 24.6. The summed E-state index contributed by atoms with van der Waals surface area (Å²) >= 11 is 7.71. The average molecular weight is 979 g/mol. The van der Waals surface area contributed by atoms with Crippen LogP contribution in [0.15, 0.2) is 132 Å². The SMILES string of the molecule is Cc1cc2c3c(c1)N(c1c(C)ccc(-c4csc5ccccc45)c1C)c1c(sc4ccc(C(C)(C)C)cc14)B3c1sc3ccc(C(C)(C)C)cc3c1N2c1c(C)ccc(-c2csc3ccccc23)c1C. The molecule has 6 heterocycles. The van der Waals surface area contributed by atoms with Gasteiger partial charge in [0, 0.05) is 72.4 Å². The summed E-state index contributed by atoms with van der Waals surface area (Å²) in [6, 6.07) is 47.0. The smallest absolute Gasteiger partial charge is 0.277 e. The molecule has 2 aliphatic heterocycles. The number of anilines is 6. The molecule has 0 saturated carbocycles. The predicted molar refractivity (Wildman–Crippen MR) is 314 cm³/mol. The number of fused-ring (bicyclic) bond motifs is 10. The fraction of sp³-hybridized carbons (Fsp3) is 0.206. The van der Waals surface area contributed by atoms with Gasteiger partial charge in [0.05, 0.1) is 22.7 Å². The maximum absolute atomic E-state index is 2.73. The lowest BCUT2D eigenvalue weighted by Crippen LogP contribution is -2.59. The van der Waals surface area contributed by atoms with E-state index in [1.165, 1.54) is 151 Å². The number of nitrogens with zero attached hydrogens (tertiary/aromatic N) is 2. The zero-order valence-corrected chi connectivity index (χ0v) is 45.1. The molecule has 0 amide bonds. The number of hydrogen-bond acceptors (Lipinski definition) is 6. The number of benzene rings is 7. The molecule has 0 bridgehead atoms. The van der Waals surface area contributed by atoms with Crippen molar-refractivity contribution < 1.29 is 0 Å². The van der Waals surface area contributed by atoms with Gasteiger partial charge in [0.1, 0.15) is 0 Å². The van der Waals surface area contributed by atoms with Gasteiger partial charge in [-0.05, 0) is 160 Å². The highest BCUT2D eigenvalue weighted by Gasteiger charge is 2.48. The Kier molecular flexibility index (Phi) is 9.76. The van der Waals surface area contributed by atoms with Gasteiger partial charge in [0.2, 0.25) is 0 Å². The number of thiophene rings is 4. The first-order valence-corrected chi connectivity index (χ1v) is 28.0. The minimum atomic E-state index is -0.00968. The summed E-state index contributed by atoms with van der Waals surface area (Å²) in [5.74, 6) is 0. The third-order valence-electron chi connectivity index (χ3n) is 15.4. The van der Waals surface area contributed by atoms with Crippen molar-refractivity contribution in [3.63, 3.8) is 0 Å². The van der Waals surface area contributed by atoms with Crippen molar-refractivity contribution in [1.29, 1.82) is 0 Å². The Bertz CT molecular complexity index is 3760. The molecule has 70 heavy (non-hydrogen) atoms. The molecule has 13 rings (SSSR count). The van der Waals surface area contributed by atoms with E-state index in [1.54, 1.807) is 0 Å². The van der Waals surface area contributed by atoms with Gasteiger partial charge < -0.3 is 9.80 Å². The number of aryl methyl sites for hydroxylation is 3. The highest BCUT2D eigenvalue weighted by molar-refractivity contribution is 7.40. The molecule has 0 radical (unpaired) electrons. The summed E-state index contributed by atoms with van der Waals surface area (Å²) in [7, 11) is 0. The molecule has 7 heteroatoms. The van der Waals surface area contributed by atoms with E-state index >= 15 is 0 Å². The van der Waals surface area contributed by atoms with Crippen molar-refractivity contribution in [2.24, 2.45) is 0 Å². The van der Waals surface area contributed by atoms with Crippen molar-refractivity contribution >= 4 is 142 Å². The van der Waals surface area contributed by atoms with Crippen LogP contribution in [0.3, 0.4) is 0 Å². The first kappa shape index (κ1) is 44.0. The van der Waals surface area contributed by atoms with E-state index in [9.17, 15) is 0 Å². The van der Waals surface area contributed by atoms with Crippen LogP contribution in [-0.2, 0) is 10.8 Å². The van der Waals surface area contributed by atoms with E-state index in [-0.39, 0.29) is 17.5 Å². The second kappa shape index (κ2) is 15.5. The number of rotatable bonds is 4. The van der Waals surface area contributed by atoms with Crippen molar-refractivity contribution in [3.05, 3.63) is 171 Å². The van der Waals surface area contributed by atoms with E-state index in [4.69, 9.17) is 0 Å². The van der Waals surface area contributed by atoms with Gasteiger partial charge in [-0.15, -0.1) is 45.3 Å². The van der Waals surface area contributed by atoms with Crippen LogP contribution in [0.1, 0.15) is 80.5 Å². The van der Waals surface area contributed by atoms with Gasteiger partial charge in [-0.25, -0.2) is 0 Å². The lowest BCUT2D eigenvalue weighted by atomic mass is 9.39.